The van der Waals surface area contributed by atoms with E-state index in [1.54, 1.807) is 0 Å². The predicted molar refractivity (Wildman–Crippen MR) is 77.7 cm³/mol. The fourth-order valence-corrected chi connectivity index (χ4v) is 1.57. The SMILES string of the molecule is C=CCC(CC=C)C(/C=C\C)=C/CC.CC. The van der Waals surface area contributed by atoms with E-state index in [4.69, 9.17) is 0 Å². The van der Waals surface area contributed by atoms with Crippen LogP contribution in [0, 0.1) is 5.92 Å². The number of allylic oxidation sites excluding steroid dienone is 6. The van der Waals surface area contributed by atoms with Crippen LogP contribution in [-0.4, -0.2) is 0 Å². The van der Waals surface area contributed by atoms with Gasteiger partial charge in [0.2, 0.25) is 0 Å². The third-order valence-corrected chi connectivity index (χ3v) is 2.17. The quantitative estimate of drug-likeness (QED) is 0.382. The summed E-state index contributed by atoms with van der Waals surface area (Å²) in [6.07, 6.45) is 13.7. The van der Waals surface area contributed by atoms with Crippen molar-refractivity contribution in [1.29, 1.82) is 0 Å². The van der Waals surface area contributed by atoms with Gasteiger partial charge in [0.1, 0.15) is 0 Å². The molecule has 16 heavy (non-hydrogen) atoms. The standard InChI is InChI=1S/C14H22.C2H6/c1-5-9-13(10-6-2)14(11-7-3)12-8-4;1-2/h5-7,11-13H,1-2,8-10H2,3-4H3;1-2H3/b11-7-,14-12+;. The zero-order chi connectivity index (χ0) is 12.8. The summed E-state index contributed by atoms with van der Waals surface area (Å²) in [6.45, 7) is 15.8. The Morgan fingerprint density at radius 2 is 1.62 bits per heavy atom. The zero-order valence-electron chi connectivity index (χ0n) is 11.5. The van der Waals surface area contributed by atoms with Crippen molar-refractivity contribution in [2.75, 3.05) is 0 Å². The van der Waals surface area contributed by atoms with Gasteiger partial charge in [-0.15, -0.1) is 13.2 Å². The first-order chi connectivity index (χ1) is 7.79. The Morgan fingerprint density at radius 3 is 1.94 bits per heavy atom. The van der Waals surface area contributed by atoms with Crippen LogP contribution in [0.1, 0.15) is 47.0 Å². The van der Waals surface area contributed by atoms with Gasteiger partial charge in [-0.05, 0) is 37.7 Å². The van der Waals surface area contributed by atoms with Crippen LogP contribution >= 0.6 is 0 Å². The van der Waals surface area contributed by atoms with Crippen molar-refractivity contribution in [1.82, 2.24) is 0 Å². The maximum absolute atomic E-state index is 3.80. The molecule has 0 aromatic carbocycles. The second-order valence-electron chi connectivity index (χ2n) is 3.36. The maximum Gasteiger partial charge on any atom is -0.00963 e. The molecule has 0 atom stereocenters. The lowest BCUT2D eigenvalue weighted by Gasteiger charge is -2.14. The Balaban J connectivity index is 0. The van der Waals surface area contributed by atoms with Gasteiger partial charge in [0, 0.05) is 0 Å². The fourth-order valence-electron chi connectivity index (χ4n) is 1.57. The van der Waals surface area contributed by atoms with E-state index in [0.29, 0.717) is 5.92 Å². The molecular formula is C16H28. The third-order valence-electron chi connectivity index (χ3n) is 2.17. The molecule has 0 saturated heterocycles. The lowest BCUT2D eigenvalue weighted by Crippen LogP contribution is -2.00. The molecule has 0 fully saturated rings. The first-order valence-electron chi connectivity index (χ1n) is 6.34. The molecule has 0 heteroatoms. The highest BCUT2D eigenvalue weighted by Crippen LogP contribution is 2.22. The zero-order valence-corrected chi connectivity index (χ0v) is 11.5. The second-order valence-corrected chi connectivity index (χ2v) is 3.36. The first kappa shape index (κ1) is 17.4. The van der Waals surface area contributed by atoms with Crippen molar-refractivity contribution >= 4 is 0 Å². The normalized spacial score (nSPS) is 11.2. The number of rotatable bonds is 7. The van der Waals surface area contributed by atoms with E-state index in [1.165, 1.54) is 5.57 Å². The van der Waals surface area contributed by atoms with Crippen LogP contribution in [0.25, 0.3) is 0 Å². The molecule has 0 bridgehead atoms. The summed E-state index contributed by atoms with van der Waals surface area (Å²) in [7, 11) is 0. The van der Waals surface area contributed by atoms with Gasteiger partial charge in [-0.2, -0.15) is 0 Å². The van der Waals surface area contributed by atoms with E-state index in [0.717, 1.165) is 19.3 Å². The number of hydrogen-bond acceptors (Lipinski definition) is 0. The van der Waals surface area contributed by atoms with Gasteiger partial charge in [0.05, 0.1) is 0 Å². The van der Waals surface area contributed by atoms with Crippen LogP contribution < -0.4 is 0 Å². The molecule has 0 aromatic heterocycles. The molecule has 0 N–H and O–H groups in total. The first-order valence-corrected chi connectivity index (χ1v) is 6.34. The molecule has 0 nitrogen and oxygen atoms in total. The summed E-state index contributed by atoms with van der Waals surface area (Å²) < 4.78 is 0. The van der Waals surface area contributed by atoms with Crippen molar-refractivity contribution in [3.63, 3.8) is 0 Å². The lowest BCUT2D eigenvalue weighted by atomic mass is 9.91. The van der Waals surface area contributed by atoms with Crippen LogP contribution in [-0.2, 0) is 0 Å². The highest BCUT2D eigenvalue weighted by molar-refractivity contribution is 5.22. The van der Waals surface area contributed by atoms with Crippen molar-refractivity contribution in [3.05, 3.63) is 49.1 Å². The Morgan fingerprint density at radius 1 is 1.12 bits per heavy atom. The van der Waals surface area contributed by atoms with Gasteiger partial charge in [0.25, 0.3) is 0 Å². The largest absolute Gasteiger partial charge is 0.103 e. The molecular weight excluding hydrogens is 192 g/mol. The minimum Gasteiger partial charge on any atom is -0.103 e. The Bertz CT molecular complexity index is 208. The van der Waals surface area contributed by atoms with E-state index >= 15 is 0 Å². The molecule has 0 spiro atoms. The van der Waals surface area contributed by atoms with E-state index in [2.05, 4.69) is 45.2 Å². The van der Waals surface area contributed by atoms with E-state index < -0.39 is 0 Å². The van der Waals surface area contributed by atoms with Crippen molar-refractivity contribution in [2.45, 2.75) is 47.0 Å². The predicted octanol–water partition coefficient (Wildman–Crippen LogP) is 5.69. The van der Waals surface area contributed by atoms with Crippen molar-refractivity contribution in [2.24, 2.45) is 5.92 Å². The molecule has 0 unspecified atom stereocenters. The summed E-state index contributed by atoms with van der Waals surface area (Å²) in [6, 6.07) is 0. The summed E-state index contributed by atoms with van der Waals surface area (Å²) >= 11 is 0. The molecule has 0 aliphatic carbocycles. The van der Waals surface area contributed by atoms with Crippen LogP contribution in [0.4, 0.5) is 0 Å². The monoisotopic (exact) mass is 220 g/mol. The molecule has 0 heterocycles. The summed E-state index contributed by atoms with van der Waals surface area (Å²) in [5.74, 6) is 0.557. The molecule has 0 aromatic rings. The average Bonchev–Trinajstić information content (AvgIpc) is 2.31. The molecule has 0 aliphatic heterocycles. The smallest absolute Gasteiger partial charge is 0.00963 e. The highest BCUT2D eigenvalue weighted by Gasteiger charge is 2.07. The van der Waals surface area contributed by atoms with Crippen LogP contribution in [0.2, 0.25) is 0 Å². The topological polar surface area (TPSA) is 0 Å². The third kappa shape index (κ3) is 8.28. The fraction of sp³-hybridized carbons (Fsp3) is 0.500. The molecule has 92 valence electrons. The van der Waals surface area contributed by atoms with Crippen molar-refractivity contribution < 1.29 is 0 Å². The van der Waals surface area contributed by atoms with Crippen LogP contribution in [0.5, 0.6) is 0 Å². The van der Waals surface area contributed by atoms with Crippen LogP contribution in [0.3, 0.4) is 0 Å². The van der Waals surface area contributed by atoms with Crippen LogP contribution in [0.15, 0.2) is 49.1 Å². The van der Waals surface area contributed by atoms with Gasteiger partial charge in [-0.3, -0.25) is 0 Å². The van der Waals surface area contributed by atoms with Gasteiger partial charge < -0.3 is 0 Å². The highest BCUT2D eigenvalue weighted by atomic mass is 14.1. The molecule has 0 amide bonds. The minimum atomic E-state index is 0.557. The molecule has 0 rings (SSSR count). The second kappa shape index (κ2) is 14.0. The minimum absolute atomic E-state index is 0.557. The van der Waals surface area contributed by atoms with Gasteiger partial charge in [0.15, 0.2) is 0 Å². The van der Waals surface area contributed by atoms with E-state index in [9.17, 15) is 0 Å². The average molecular weight is 220 g/mol. The molecule has 0 aliphatic rings. The maximum atomic E-state index is 3.80. The lowest BCUT2D eigenvalue weighted by molar-refractivity contribution is 0.646. The van der Waals surface area contributed by atoms with Gasteiger partial charge in [-0.1, -0.05) is 51.2 Å². The van der Waals surface area contributed by atoms with E-state index in [1.807, 2.05) is 26.0 Å². The molecule has 0 saturated carbocycles. The van der Waals surface area contributed by atoms with Crippen molar-refractivity contribution in [3.8, 4) is 0 Å². The summed E-state index contributed by atoms with van der Waals surface area (Å²) in [5.41, 5.74) is 1.41. The number of hydrogen-bond donors (Lipinski definition) is 0. The Kier molecular flexibility index (Phi) is 15.1. The van der Waals surface area contributed by atoms with Gasteiger partial charge in [-0.25, -0.2) is 0 Å². The Labute approximate surface area is 102 Å². The van der Waals surface area contributed by atoms with Gasteiger partial charge >= 0.3 is 0 Å². The summed E-state index contributed by atoms with van der Waals surface area (Å²) in [4.78, 5) is 0. The summed E-state index contributed by atoms with van der Waals surface area (Å²) in [5, 5.41) is 0. The Hall–Kier alpha value is -1.04. The van der Waals surface area contributed by atoms with E-state index in [-0.39, 0.29) is 0 Å². The molecule has 0 radical (unpaired) electrons.